The van der Waals surface area contributed by atoms with Crippen LogP contribution in [-0.4, -0.2) is 9.54 Å². The number of benzene rings is 1. The van der Waals surface area contributed by atoms with E-state index in [0.717, 1.165) is 5.69 Å². The molecule has 0 aliphatic rings. The van der Waals surface area contributed by atoms with E-state index in [9.17, 15) is 4.55 Å². The lowest BCUT2D eigenvalue weighted by molar-refractivity contribution is 0.598. The first-order valence-electron chi connectivity index (χ1n) is 3.83. The molecule has 2 aromatic rings. The number of para-hydroxylation sites is 1. The van der Waals surface area contributed by atoms with Gasteiger partial charge in [0.2, 0.25) is 0 Å². The zero-order chi connectivity index (χ0) is 9.10. The van der Waals surface area contributed by atoms with Crippen LogP contribution in [0.5, 0.6) is 0 Å². The molecule has 13 heavy (non-hydrogen) atoms. The summed E-state index contributed by atoms with van der Waals surface area (Å²) in [6, 6.07) is 9.55. The van der Waals surface area contributed by atoms with Gasteiger partial charge < -0.3 is 4.55 Å². The maximum Gasteiger partial charge on any atom is 0.343 e. The summed E-state index contributed by atoms with van der Waals surface area (Å²) in [5.41, 5.74) is 0.901. The predicted molar refractivity (Wildman–Crippen MR) is 52.6 cm³/mol. The fourth-order valence-corrected chi connectivity index (χ4v) is 1.68. The second-order valence-electron chi connectivity index (χ2n) is 2.51. The van der Waals surface area contributed by atoms with Gasteiger partial charge >= 0.3 is 5.13 Å². The third-order valence-corrected chi connectivity index (χ3v) is 2.55. The number of aromatic nitrogens is 1. The summed E-state index contributed by atoms with van der Waals surface area (Å²) < 4.78 is 11.2. The Balaban J connectivity index is 2.20. The summed E-state index contributed by atoms with van der Waals surface area (Å²) in [4.78, 5) is 3.94. The molecule has 0 radical (unpaired) electrons. The average Bonchev–Trinajstić information content (AvgIpc) is 2.54. The lowest BCUT2D eigenvalue weighted by Gasteiger charge is -1.99. The number of hydrogen-bond acceptors (Lipinski definition) is 3. The highest BCUT2D eigenvalue weighted by molar-refractivity contribution is 7.27. The van der Waals surface area contributed by atoms with Crippen molar-refractivity contribution in [2.24, 2.45) is 0 Å². The molecule has 0 fully saturated rings. The normalized spacial score (nSPS) is 11.3. The third-order valence-electron chi connectivity index (χ3n) is 1.59. The molecule has 0 saturated carbocycles. The van der Waals surface area contributed by atoms with Crippen LogP contribution in [0.15, 0.2) is 41.9 Å². The number of nitrogens with zero attached hydrogens (tertiary/aromatic N) is 1. The van der Waals surface area contributed by atoms with Crippen molar-refractivity contribution in [3.63, 3.8) is 0 Å². The second kappa shape index (κ2) is 3.55. The van der Waals surface area contributed by atoms with E-state index in [2.05, 4.69) is 10.3 Å². The van der Waals surface area contributed by atoms with Gasteiger partial charge in [0.05, 0.1) is 6.20 Å². The van der Waals surface area contributed by atoms with E-state index >= 15 is 0 Å². The topological polar surface area (TPSA) is 48.0 Å². The van der Waals surface area contributed by atoms with Crippen LogP contribution >= 0.6 is 10.8 Å². The number of thiazole rings is 1. The van der Waals surface area contributed by atoms with Crippen LogP contribution in [0.4, 0.5) is 10.8 Å². The molecule has 0 saturated heterocycles. The Morgan fingerprint density at radius 1 is 1.23 bits per heavy atom. The zero-order valence-electron chi connectivity index (χ0n) is 6.81. The number of rotatable bonds is 2. The molecular weight excluding hydrogens is 184 g/mol. The van der Waals surface area contributed by atoms with E-state index in [-0.39, 0.29) is 0 Å². The highest BCUT2D eigenvalue weighted by Gasteiger charge is 2.05. The molecule has 4 heteroatoms. The van der Waals surface area contributed by atoms with E-state index in [1.54, 1.807) is 11.6 Å². The molecule has 66 valence electrons. The van der Waals surface area contributed by atoms with Gasteiger partial charge in [0.25, 0.3) is 0 Å². The Morgan fingerprint density at radius 3 is 2.62 bits per heavy atom. The van der Waals surface area contributed by atoms with Crippen molar-refractivity contribution >= 4 is 21.6 Å². The average molecular weight is 192 g/mol. The lowest BCUT2D eigenvalue weighted by atomic mass is 10.3. The Hall–Kier alpha value is -1.39. The predicted octanol–water partition coefficient (Wildman–Crippen LogP) is 2.55. The van der Waals surface area contributed by atoms with Crippen molar-refractivity contribution in [2.45, 2.75) is 0 Å². The second-order valence-corrected chi connectivity index (χ2v) is 3.76. The summed E-state index contributed by atoms with van der Waals surface area (Å²) in [6.45, 7) is 0. The summed E-state index contributed by atoms with van der Waals surface area (Å²) in [5.74, 6) is 0. The fourth-order valence-electron chi connectivity index (χ4n) is 0.997. The largest absolute Gasteiger partial charge is 0.588 e. The molecule has 1 unspecified atom stereocenters. The van der Waals surface area contributed by atoms with Crippen LogP contribution in [0.3, 0.4) is 0 Å². The molecule has 1 heterocycles. The van der Waals surface area contributed by atoms with Crippen LogP contribution in [0, 0.1) is 0 Å². The minimum absolute atomic E-state index is 0.492. The van der Waals surface area contributed by atoms with Crippen molar-refractivity contribution in [3.05, 3.63) is 41.9 Å². The van der Waals surface area contributed by atoms with Gasteiger partial charge in [-0.25, -0.2) is 0 Å². The van der Waals surface area contributed by atoms with Gasteiger partial charge in [-0.3, -0.25) is 5.32 Å². The van der Waals surface area contributed by atoms with Crippen molar-refractivity contribution in [1.82, 2.24) is 4.98 Å². The minimum Gasteiger partial charge on any atom is -0.588 e. The van der Waals surface area contributed by atoms with E-state index in [1.165, 1.54) is 0 Å². The molecule has 1 atom stereocenters. The monoisotopic (exact) mass is 192 g/mol. The van der Waals surface area contributed by atoms with Crippen molar-refractivity contribution in [2.75, 3.05) is 5.32 Å². The Kier molecular flexibility index (Phi) is 2.25. The quantitative estimate of drug-likeness (QED) is 0.744. The molecular formula is C9H8N2OS. The van der Waals surface area contributed by atoms with Gasteiger partial charge in [0.1, 0.15) is 0 Å². The molecule has 1 aromatic carbocycles. The van der Waals surface area contributed by atoms with Gasteiger partial charge in [-0.15, -0.1) is 0 Å². The molecule has 0 aliphatic heterocycles. The summed E-state index contributed by atoms with van der Waals surface area (Å²) in [6.07, 6.45) is 1.54. The van der Waals surface area contributed by atoms with E-state index in [1.807, 2.05) is 30.3 Å². The minimum atomic E-state index is -1.10. The Labute approximate surface area is 78.9 Å². The Bertz CT molecular complexity index is 386. The highest BCUT2D eigenvalue weighted by Crippen LogP contribution is 2.25. The molecule has 1 N–H and O–H groups in total. The zero-order valence-corrected chi connectivity index (χ0v) is 7.62. The molecule has 2 rings (SSSR count). The van der Waals surface area contributed by atoms with Crippen LogP contribution < -0.4 is 5.32 Å². The van der Waals surface area contributed by atoms with Gasteiger partial charge in [-0.2, -0.15) is 4.98 Å². The molecule has 0 bridgehead atoms. The van der Waals surface area contributed by atoms with Gasteiger partial charge in [0.15, 0.2) is 5.38 Å². The third kappa shape index (κ3) is 1.85. The number of nitrogens with one attached hydrogen (secondary N) is 1. The van der Waals surface area contributed by atoms with Crippen LogP contribution in [0.2, 0.25) is 0 Å². The lowest BCUT2D eigenvalue weighted by Crippen LogP contribution is -1.88. The Morgan fingerprint density at radius 2 is 2.00 bits per heavy atom. The number of anilines is 2. The molecule has 3 nitrogen and oxygen atoms in total. The summed E-state index contributed by atoms with van der Waals surface area (Å²) in [7, 11) is -1.10. The van der Waals surface area contributed by atoms with Crippen molar-refractivity contribution < 1.29 is 4.55 Å². The number of hydrogen-bond donors (Lipinski definition) is 1. The molecule has 1 aromatic heterocycles. The van der Waals surface area contributed by atoms with Gasteiger partial charge in [0, 0.05) is 5.69 Å². The maximum atomic E-state index is 11.2. The van der Waals surface area contributed by atoms with Gasteiger partial charge in [-0.05, 0) is 22.9 Å². The molecule has 0 amide bonds. The van der Waals surface area contributed by atoms with Crippen LogP contribution in [0.25, 0.3) is 0 Å². The van der Waals surface area contributed by atoms with Crippen molar-refractivity contribution in [3.8, 4) is 0 Å². The summed E-state index contributed by atoms with van der Waals surface area (Å²) in [5, 5.41) is 5.02. The van der Waals surface area contributed by atoms with E-state index in [0.29, 0.717) is 5.13 Å². The molecule has 0 spiro atoms. The standard InChI is InChI=1S/C9H8N2OS/c12-13-7-6-10-9(13)11-8-4-2-1-3-5-8/h1-7H,(H,10,11). The van der Waals surface area contributed by atoms with E-state index < -0.39 is 10.8 Å². The van der Waals surface area contributed by atoms with E-state index in [4.69, 9.17) is 0 Å². The first-order chi connectivity index (χ1) is 6.36. The summed E-state index contributed by atoms with van der Waals surface area (Å²) >= 11 is 0. The smallest absolute Gasteiger partial charge is 0.343 e. The van der Waals surface area contributed by atoms with Crippen LogP contribution in [0.1, 0.15) is 0 Å². The van der Waals surface area contributed by atoms with Gasteiger partial charge in [-0.1, -0.05) is 18.2 Å². The molecule has 0 aliphatic carbocycles. The fraction of sp³-hybridized carbons (Fsp3) is 0. The van der Waals surface area contributed by atoms with Crippen LogP contribution in [-0.2, 0) is 0 Å². The first-order valence-corrected chi connectivity index (χ1v) is 5.05. The van der Waals surface area contributed by atoms with Crippen molar-refractivity contribution in [1.29, 1.82) is 0 Å². The first kappa shape index (κ1) is 8.22. The highest BCUT2D eigenvalue weighted by atomic mass is 32.2. The maximum absolute atomic E-state index is 11.2. The SMILES string of the molecule is [O-][s+]1ccnc1Nc1ccccc1.